The molecule has 28 heavy (non-hydrogen) atoms. The maximum atomic E-state index is 12.3. The molecule has 2 aromatic rings. The highest BCUT2D eigenvalue weighted by atomic mass is 16.6. The average molecular weight is 384 g/mol. The lowest BCUT2D eigenvalue weighted by molar-refractivity contribution is 0.171. The summed E-state index contributed by atoms with van der Waals surface area (Å²) in [6.07, 6.45) is 1.75. The smallest absolute Gasteiger partial charge is 0.315 e. The zero-order valence-electron chi connectivity index (χ0n) is 16.7. The fraction of sp³-hybridized carbons (Fsp3) is 0.409. The van der Waals surface area contributed by atoms with Crippen LogP contribution in [0.4, 0.5) is 4.79 Å². The van der Waals surface area contributed by atoms with Gasteiger partial charge in [0.15, 0.2) is 11.5 Å². The van der Waals surface area contributed by atoms with E-state index >= 15 is 0 Å². The van der Waals surface area contributed by atoms with Gasteiger partial charge in [-0.3, -0.25) is 0 Å². The van der Waals surface area contributed by atoms with Gasteiger partial charge in [0.25, 0.3) is 0 Å². The average Bonchev–Trinajstić information content (AvgIpc) is 2.72. The number of rotatable bonds is 7. The van der Waals surface area contributed by atoms with Crippen molar-refractivity contribution < 1.29 is 19.0 Å². The summed E-state index contributed by atoms with van der Waals surface area (Å²) in [5.41, 5.74) is 2.20. The van der Waals surface area contributed by atoms with Crippen LogP contribution in [0.2, 0.25) is 0 Å². The number of fused-ring (bicyclic) bond motifs is 1. The largest absolute Gasteiger partial charge is 0.497 e. The van der Waals surface area contributed by atoms with Crippen molar-refractivity contribution in [2.75, 3.05) is 20.3 Å². The molecule has 0 aromatic heterocycles. The molecule has 0 saturated heterocycles. The van der Waals surface area contributed by atoms with Crippen molar-refractivity contribution in [2.45, 2.75) is 38.8 Å². The van der Waals surface area contributed by atoms with Gasteiger partial charge in [0.1, 0.15) is 19.0 Å². The predicted octanol–water partition coefficient (Wildman–Crippen LogP) is 3.85. The molecule has 2 atom stereocenters. The van der Waals surface area contributed by atoms with Crippen molar-refractivity contribution in [3.63, 3.8) is 0 Å². The van der Waals surface area contributed by atoms with Gasteiger partial charge in [-0.2, -0.15) is 0 Å². The third-order valence-electron chi connectivity index (χ3n) is 4.82. The molecule has 150 valence electrons. The van der Waals surface area contributed by atoms with Crippen molar-refractivity contribution in [2.24, 2.45) is 0 Å². The lowest BCUT2D eigenvalue weighted by atomic mass is 10.1. The molecule has 3 rings (SSSR count). The van der Waals surface area contributed by atoms with Gasteiger partial charge in [0, 0.05) is 6.04 Å². The Kier molecular flexibility index (Phi) is 6.63. The molecule has 0 fully saturated rings. The van der Waals surface area contributed by atoms with E-state index < -0.39 is 0 Å². The number of carbonyl (C=O) groups is 1. The van der Waals surface area contributed by atoms with E-state index in [1.54, 1.807) is 7.11 Å². The number of hydrogen-bond donors (Lipinski definition) is 2. The quantitative estimate of drug-likeness (QED) is 0.761. The monoisotopic (exact) mass is 384 g/mol. The van der Waals surface area contributed by atoms with Crippen LogP contribution < -0.4 is 24.8 Å². The van der Waals surface area contributed by atoms with Gasteiger partial charge in [-0.1, -0.05) is 18.2 Å². The van der Waals surface area contributed by atoms with Crippen molar-refractivity contribution in [3.8, 4) is 17.2 Å². The summed E-state index contributed by atoms with van der Waals surface area (Å²) in [6.45, 7) is 5.08. The molecule has 0 bridgehead atoms. The summed E-state index contributed by atoms with van der Waals surface area (Å²) < 4.78 is 16.3. The Labute approximate surface area is 166 Å². The fourth-order valence-corrected chi connectivity index (χ4v) is 3.12. The molecule has 1 aliphatic rings. The maximum absolute atomic E-state index is 12.3. The maximum Gasteiger partial charge on any atom is 0.315 e. The summed E-state index contributed by atoms with van der Waals surface area (Å²) >= 11 is 0. The first kappa shape index (κ1) is 19.9. The van der Waals surface area contributed by atoms with Gasteiger partial charge in [-0.05, 0) is 62.1 Å². The Hall–Kier alpha value is -2.89. The Morgan fingerprint density at radius 2 is 1.75 bits per heavy atom. The number of ether oxygens (including phenoxy) is 3. The molecule has 0 aliphatic carbocycles. The second-order valence-corrected chi connectivity index (χ2v) is 7.03. The Bertz CT molecular complexity index is 792. The predicted molar refractivity (Wildman–Crippen MR) is 108 cm³/mol. The number of amides is 2. The van der Waals surface area contributed by atoms with E-state index in [9.17, 15) is 4.79 Å². The standard InChI is InChI=1S/C22H28N2O4/c1-15(4-5-17-6-9-19(26-3)10-7-17)23-22(25)24-16(2)18-8-11-20-21(14-18)28-13-12-27-20/h6-11,14-16H,4-5,12-13H2,1-3H3,(H2,23,24,25). The second-order valence-electron chi connectivity index (χ2n) is 7.03. The van der Waals surface area contributed by atoms with E-state index in [0.29, 0.717) is 13.2 Å². The zero-order chi connectivity index (χ0) is 19.9. The van der Waals surface area contributed by atoms with E-state index in [2.05, 4.69) is 22.8 Å². The van der Waals surface area contributed by atoms with Crippen LogP contribution in [0, 0.1) is 0 Å². The molecule has 1 heterocycles. The fourth-order valence-electron chi connectivity index (χ4n) is 3.12. The molecule has 2 aromatic carbocycles. The third-order valence-corrected chi connectivity index (χ3v) is 4.82. The number of hydrogen-bond acceptors (Lipinski definition) is 4. The van der Waals surface area contributed by atoms with E-state index in [-0.39, 0.29) is 18.1 Å². The minimum absolute atomic E-state index is 0.0644. The number of nitrogens with one attached hydrogen (secondary N) is 2. The van der Waals surface area contributed by atoms with Crippen LogP contribution in [-0.2, 0) is 6.42 Å². The summed E-state index contributed by atoms with van der Waals surface area (Å²) in [7, 11) is 1.66. The molecule has 2 unspecified atom stereocenters. The van der Waals surface area contributed by atoms with Crippen LogP contribution in [0.15, 0.2) is 42.5 Å². The lowest BCUT2D eigenvalue weighted by Crippen LogP contribution is -2.41. The van der Waals surface area contributed by atoms with Crippen molar-refractivity contribution in [1.82, 2.24) is 10.6 Å². The SMILES string of the molecule is COc1ccc(CCC(C)NC(=O)NC(C)c2ccc3c(c2)OCCO3)cc1. The highest BCUT2D eigenvalue weighted by molar-refractivity contribution is 5.74. The van der Waals surface area contributed by atoms with E-state index in [4.69, 9.17) is 14.2 Å². The van der Waals surface area contributed by atoms with Crippen molar-refractivity contribution in [3.05, 3.63) is 53.6 Å². The minimum Gasteiger partial charge on any atom is -0.497 e. The van der Waals surface area contributed by atoms with Gasteiger partial charge in [-0.15, -0.1) is 0 Å². The van der Waals surface area contributed by atoms with E-state index in [1.807, 2.05) is 44.2 Å². The van der Waals surface area contributed by atoms with Gasteiger partial charge >= 0.3 is 6.03 Å². The molecule has 6 nitrogen and oxygen atoms in total. The lowest BCUT2D eigenvalue weighted by Gasteiger charge is -2.22. The van der Waals surface area contributed by atoms with Crippen LogP contribution in [0.1, 0.15) is 37.4 Å². The number of urea groups is 1. The van der Waals surface area contributed by atoms with E-state index in [0.717, 1.165) is 35.7 Å². The van der Waals surface area contributed by atoms with Crippen LogP contribution >= 0.6 is 0 Å². The Morgan fingerprint density at radius 1 is 1.04 bits per heavy atom. The summed E-state index contributed by atoms with van der Waals surface area (Å²) in [6, 6.07) is 13.5. The van der Waals surface area contributed by atoms with Crippen molar-refractivity contribution in [1.29, 1.82) is 0 Å². The molecule has 0 spiro atoms. The van der Waals surface area contributed by atoms with Gasteiger partial charge < -0.3 is 24.8 Å². The van der Waals surface area contributed by atoms with Crippen LogP contribution in [0.3, 0.4) is 0 Å². The van der Waals surface area contributed by atoms with Crippen LogP contribution in [0.25, 0.3) is 0 Å². The molecule has 2 N–H and O–H groups in total. The number of aryl methyl sites for hydroxylation is 1. The van der Waals surface area contributed by atoms with Crippen molar-refractivity contribution >= 4 is 6.03 Å². The topological polar surface area (TPSA) is 68.8 Å². The third kappa shape index (κ3) is 5.31. The first-order valence-electron chi connectivity index (χ1n) is 9.64. The first-order chi connectivity index (χ1) is 13.5. The summed E-state index contributed by atoms with van der Waals surface area (Å²) in [5.74, 6) is 2.33. The molecular formula is C22H28N2O4. The highest BCUT2D eigenvalue weighted by Gasteiger charge is 2.16. The van der Waals surface area contributed by atoms with Gasteiger partial charge in [-0.25, -0.2) is 4.79 Å². The Morgan fingerprint density at radius 3 is 2.46 bits per heavy atom. The van der Waals surface area contributed by atoms with Gasteiger partial charge in [0.2, 0.25) is 0 Å². The van der Waals surface area contributed by atoms with Gasteiger partial charge in [0.05, 0.1) is 13.2 Å². The van der Waals surface area contributed by atoms with E-state index in [1.165, 1.54) is 5.56 Å². The molecule has 1 aliphatic heterocycles. The molecule has 2 amide bonds. The zero-order valence-corrected chi connectivity index (χ0v) is 16.7. The summed E-state index contributed by atoms with van der Waals surface area (Å²) in [5, 5.41) is 5.99. The number of methoxy groups -OCH3 is 1. The molecule has 6 heteroatoms. The number of benzene rings is 2. The number of carbonyl (C=O) groups excluding carboxylic acids is 1. The summed E-state index contributed by atoms with van der Waals surface area (Å²) in [4.78, 5) is 12.3. The second kappa shape index (κ2) is 9.35. The highest BCUT2D eigenvalue weighted by Crippen LogP contribution is 2.32. The molecule has 0 saturated carbocycles. The molecular weight excluding hydrogens is 356 g/mol. The minimum atomic E-state index is -0.176. The van der Waals surface area contributed by atoms with Crippen LogP contribution in [-0.4, -0.2) is 32.4 Å². The first-order valence-corrected chi connectivity index (χ1v) is 9.64. The van der Waals surface area contributed by atoms with Crippen LogP contribution in [0.5, 0.6) is 17.2 Å². The molecule has 0 radical (unpaired) electrons. The Balaban J connectivity index is 1.46. The normalized spacial score (nSPS) is 14.7.